The molecule has 1 fully saturated rings. The van der Waals surface area contributed by atoms with Crippen molar-refractivity contribution in [3.63, 3.8) is 0 Å². The van der Waals surface area contributed by atoms with Crippen LogP contribution >= 0.6 is 0 Å². The molecule has 3 heteroatoms. The van der Waals surface area contributed by atoms with Crippen molar-refractivity contribution in [3.05, 3.63) is 47.7 Å². The van der Waals surface area contributed by atoms with E-state index in [1.54, 1.807) is 6.08 Å². The lowest BCUT2D eigenvalue weighted by molar-refractivity contribution is -0.147. The van der Waals surface area contributed by atoms with E-state index in [0.717, 1.165) is 24.4 Å². The Kier molecular flexibility index (Phi) is 3.28. The van der Waals surface area contributed by atoms with E-state index in [9.17, 15) is 4.79 Å². The van der Waals surface area contributed by atoms with Crippen molar-refractivity contribution in [1.82, 2.24) is 4.90 Å². The third-order valence-corrected chi connectivity index (χ3v) is 4.03. The Morgan fingerprint density at radius 1 is 1.16 bits per heavy atom. The Morgan fingerprint density at radius 2 is 1.84 bits per heavy atom. The highest BCUT2D eigenvalue weighted by molar-refractivity contribution is 5.84. The summed E-state index contributed by atoms with van der Waals surface area (Å²) in [6.45, 7) is 4.27. The lowest BCUT2D eigenvalue weighted by Gasteiger charge is -2.34. The first-order valence-corrected chi connectivity index (χ1v) is 6.98. The number of hydrogen-bond donors (Lipinski definition) is 0. The molecule has 0 aliphatic carbocycles. The van der Waals surface area contributed by atoms with Gasteiger partial charge in [-0.2, -0.15) is 0 Å². The minimum absolute atomic E-state index is 0.158. The van der Waals surface area contributed by atoms with E-state index in [1.165, 1.54) is 12.8 Å². The van der Waals surface area contributed by atoms with Crippen LogP contribution in [0.2, 0.25) is 0 Å². The number of ether oxygens (including phenoxy) is 1. The third kappa shape index (κ3) is 2.37. The van der Waals surface area contributed by atoms with Crippen molar-refractivity contribution in [2.24, 2.45) is 5.92 Å². The fraction of sp³-hybridized carbons (Fsp3) is 0.438. The van der Waals surface area contributed by atoms with Gasteiger partial charge in [0.1, 0.15) is 6.10 Å². The van der Waals surface area contributed by atoms with Gasteiger partial charge in [-0.1, -0.05) is 37.3 Å². The van der Waals surface area contributed by atoms with Crippen LogP contribution in [0.25, 0.3) is 0 Å². The Bertz CT molecular complexity index is 489. The van der Waals surface area contributed by atoms with Crippen LogP contribution in [-0.2, 0) is 9.53 Å². The van der Waals surface area contributed by atoms with Crippen molar-refractivity contribution < 1.29 is 9.53 Å². The van der Waals surface area contributed by atoms with Gasteiger partial charge in [0.15, 0.2) is 0 Å². The average Bonchev–Trinajstić information content (AvgIpc) is 2.96. The van der Waals surface area contributed by atoms with Crippen molar-refractivity contribution in [3.8, 4) is 0 Å². The van der Waals surface area contributed by atoms with Gasteiger partial charge in [-0.3, -0.25) is 0 Å². The van der Waals surface area contributed by atoms with E-state index in [2.05, 4.69) is 11.8 Å². The highest BCUT2D eigenvalue weighted by Crippen LogP contribution is 2.37. The van der Waals surface area contributed by atoms with E-state index in [4.69, 9.17) is 4.74 Å². The summed E-state index contributed by atoms with van der Waals surface area (Å²) in [5.74, 6) is 0.00653. The molecule has 0 aromatic heterocycles. The van der Waals surface area contributed by atoms with Gasteiger partial charge in [0.25, 0.3) is 0 Å². The zero-order valence-electron chi connectivity index (χ0n) is 11.2. The summed E-state index contributed by atoms with van der Waals surface area (Å²) in [5.41, 5.74) is 2.22. The fourth-order valence-electron chi connectivity index (χ4n) is 3.02. The van der Waals surface area contributed by atoms with Crippen LogP contribution < -0.4 is 0 Å². The number of likely N-dealkylation sites (tertiary alicyclic amines) is 1. The Labute approximate surface area is 113 Å². The Morgan fingerprint density at radius 3 is 2.53 bits per heavy atom. The molecule has 3 rings (SSSR count). The lowest BCUT2D eigenvalue weighted by atomic mass is 9.91. The summed E-state index contributed by atoms with van der Waals surface area (Å²) in [5, 5.41) is 0. The second-order valence-electron chi connectivity index (χ2n) is 5.32. The lowest BCUT2D eigenvalue weighted by Crippen LogP contribution is -2.32. The molecule has 0 radical (unpaired) electrons. The maximum Gasteiger partial charge on any atom is 0.333 e. The molecule has 0 N–H and O–H groups in total. The van der Waals surface area contributed by atoms with Crippen molar-refractivity contribution in [1.29, 1.82) is 0 Å². The van der Waals surface area contributed by atoms with Gasteiger partial charge in [-0.25, -0.2) is 4.79 Å². The van der Waals surface area contributed by atoms with E-state index >= 15 is 0 Å². The molecule has 1 aromatic rings. The first-order valence-electron chi connectivity index (χ1n) is 6.98. The monoisotopic (exact) mass is 257 g/mol. The Hall–Kier alpha value is -1.77. The van der Waals surface area contributed by atoms with Gasteiger partial charge >= 0.3 is 5.97 Å². The van der Waals surface area contributed by atoms with Gasteiger partial charge in [0.05, 0.1) is 0 Å². The molecule has 3 nitrogen and oxygen atoms in total. The first-order chi connectivity index (χ1) is 9.25. The van der Waals surface area contributed by atoms with Crippen LogP contribution in [0.15, 0.2) is 42.1 Å². The first kappa shape index (κ1) is 12.3. The topological polar surface area (TPSA) is 29.5 Å². The van der Waals surface area contributed by atoms with Crippen LogP contribution in [0.3, 0.4) is 0 Å². The zero-order valence-corrected chi connectivity index (χ0v) is 11.2. The highest BCUT2D eigenvalue weighted by atomic mass is 16.5. The molecule has 1 saturated heterocycles. The normalized spacial score (nSPS) is 27.1. The summed E-state index contributed by atoms with van der Waals surface area (Å²) >= 11 is 0. The van der Waals surface area contributed by atoms with Crippen LogP contribution in [0.1, 0.15) is 31.4 Å². The number of carbonyl (C=O) groups excluding carboxylic acids is 1. The predicted molar refractivity (Wildman–Crippen MR) is 73.3 cm³/mol. The summed E-state index contributed by atoms with van der Waals surface area (Å²) < 4.78 is 5.53. The number of esters is 1. The predicted octanol–water partition coefficient (Wildman–Crippen LogP) is 2.90. The molecule has 100 valence electrons. The molecule has 2 aliphatic heterocycles. The number of rotatable bonds is 2. The molecule has 0 amide bonds. The molecule has 2 unspecified atom stereocenters. The third-order valence-electron chi connectivity index (χ3n) is 4.03. The minimum Gasteiger partial charge on any atom is -0.454 e. The molecule has 19 heavy (non-hydrogen) atoms. The number of nitrogens with zero attached hydrogens (tertiary/aromatic N) is 1. The van der Waals surface area contributed by atoms with Crippen molar-refractivity contribution in [2.75, 3.05) is 13.1 Å². The highest BCUT2D eigenvalue weighted by Gasteiger charge is 2.33. The molecule has 2 aliphatic rings. The number of hydrogen-bond acceptors (Lipinski definition) is 3. The van der Waals surface area contributed by atoms with Crippen LogP contribution in [0.4, 0.5) is 0 Å². The SMILES string of the molecule is CC1C(N2CCCC2)=CC(=O)OC1c1ccccc1. The van der Waals surface area contributed by atoms with Gasteiger partial charge < -0.3 is 9.64 Å². The van der Waals surface area contributed by atoms with Crippen molar-refractivity contribution >= 4 is 5.97 Å². The van der Waals surface area contributed by atoms with E-state index in [-0.39, 0.29) is 18.0 Å². The second kappa shape index (κ2) is 5.08. The molecule has 1 aromatic carbocycles. The quantitative estimate of drug-likeness (QED) is 0.763. The second-order valence-corrected chi connectivity index (χ2v) is 5.32. The summed E-state index contributed by atoms with van der Waals surface area (Å²) in [4.78, 5) is 14.2. The molecule has 2 heterocycles. The molecular weight excluding hydrogens is 238 g/mol. The summed E-state index contributed by atoms with van der Waals surface area (Å²) in [6, 6.07) is 10.0. The minimum atomic E-state index is -0.214. The van der Waals surface area contributed by atoms with E-state index < -0.39 is 0 Å². The van der Waals surface area contributed by atoms with E-state index in [0.29, 0.717) is 0 Å². The average molecular weight is 257 g/mol. The van der Waals surface area contributed by atoms with Crippen molar-refractivity contribution in [2.45, 2.75) is 25.9 Å². The standard InChI is InChI=1S/C16H19NO2/c1-12-14(17-9-5-6-10-17)11-15(18)19-16(12)13-7-3-2-4-8-13/h2-4,7-8,11-12,16H,5-6,9-10H2,1H3. The summed E-state index contributed by atoms with van der Waals surface area (Å²) in [6.07, 6.45) is 3.95. The number of benzene rings is 1. The zero-order chi connectivity index (χ0) is 13.2. The van der Waals surface area contributed by atoms with Gasteiger partial charge in [-0.05, 0) is 18.4 Å². The molecule has 2 atom stereocenters. The molecule has 0 saturated carbocycles. The molecular formula is C16H19NO2. The largest absolute Gasteiger partial charge is 0.454 e. The Balaban J connectivity index is 1.88. The summed E-state index contributed by atoms with van der Waals surface area (Å²) in [7, 11) is 0. The van der Waals surface area contributed by atoms with Crippen LogP contribution in [-0.4, -0.2) is 24.0 Å². The number of carbonyl (C=O) groups is 1. The molecule has 0 spiro atoms. The maximum absolute atomic E-state index is 11.8. The van der Waals surface area contributed by atoms with Gasteiger partial charge in [0.2, 0.25) is 0 Å². The number of cyclic esters (lactones) is 1. The molecule has 0 bridgehead atoms. The van der Waals surface area contributed by atoms with Crippen LogP contribution in [0.5, 0.6) is 0 Å². The van der Waals surface area contributed by atoms with Gasteiger partial charge in [-0.15, -0.1) is 0 Å². The fourth-order valence-corrected chi connectivity index (χ4v) is 3.02. The smallest absolute Gasteiger partial charge is 0.333 e. The van der Waals surface area contributed by atoms with Gasteiger partial charge in [0, 0.05) is 30.8 Å². The van der Waals surface area contributed by atoms with E-state index in [1.807, 2.05) is 30.3 Å². The van der Waals surface area contributed by atoms with Crippen LogP contribution in [0, 0.1) is 5.92 Å². The maximum atomic E-state index is 11.8.